The molecule has 1 heterocycles. The van der Waals surface area contributed by atoms with Crippen LogP contribution in [0.5, 0.6) is 0 Å². The van der Waals surface area contributed by atoms with Gasteiger partial charge in [-0.25, -0.2) is 0 Å². The van der Waals surface area contributed by atoms with Gasteiger partial charge in [0, 0.05) is 12.6 Å². The van der Waals surface area contributed by atoms with Gasteiger partial charge in [-0.1, -0.05) is 37.3 Å². The molecule has 0 bridgehead atoms. The number of hydrogen-bond acceptors (Lipinski definition) is 3. The Labute approximate surface area is 127 Å². The molecule has 4 heteroatoms. The third-order valence-corrected chi connectivity index (χ3v) is 4.50. The lowest BCUT2D eigenvalue weighted by Gasteiger charge is -2.23. The van der Waals surface area contributed by atoms with Gasteiger partial charge in [-0.2, -0.15) is 0 Å². The second kappa shape index (κ2) is 7.05. The van der Waals surface area contributed by atoms with Crippen LogP contribution in [0.15, 0.2) is 30.3 Å². The van der Waals surface area contributed by atoms with E-state index in [1.165, 1.54) is 5.56 Å². The monoisotopic (exact) mass is 290 g/mol. The van der Waals surface area contributed by atoms with Crippen LogP contribution < -0.4 is 11.1 Å². The molecule has 21 heavy (non-hydrogen) atoms. The summed E-state index contributed by atoms with van der Waals surface area (Å²) in [5.41, 5.74) is 7.00. The Morgan fingerprint density at radius 2 is 1.90 bits per heavy atom. The summed E-state index contributed by atoms with van der Waals surface area (Å²) in [6.45, 7) is 6.51. The second-order valence-corrected chi connectivity index (χ2v) is 6.06. The Hall–Kier alpha value is -1.39. The Bertz CT molecular complexity index is 463. The first kappa shape index (κ1) is 16.0. The summed E-state index contributed by atoms with van der Waals surface area (Å²) in [7, 11) is 0. The third kappa shape index (κ3) is 3.83. The zero-order valence-corrected chi connectivity index (χ0v) is 13.1. The van der Waals surface area contributed by atoms with E-state index < -0.39 is 0 Å². The molecule has 0 aromatic heterocycles. The van der Waals surface area contributed by atoms with Crippen LogP contribution in [0.1, 0.15) is 26.3 Å². The number of ether oxygens (including phenoxy) is 1. The zero-order valence-electron chi connectivity index (χ0n) is 13.1. The highest BCUT2D eigenvalue weighted by Gasteiger charge is 2.41. The van der Waals surface area contributed by atoms with E-state index in [4.69, 9.17) is 10.5 Å². The van der Waals surface area contributed by atoms with Crippen LogP contribution in [0, 0.1) is 11.8 Å². The van der Waals surface area contributed by atoms with Crippen LogP contribution >= 0.6 is 0 Å². The normalized spacial score (nSPS) is 30.1. The van der Waals surface area contributed by atoms with Gasteiger partial charge in [0.1, 0.15) is 0 Å². The second-order valence-electron chi connectivity index (χ2n) is 6.06. The van der Waals surface area contributed by atoms with Crippen molar-refractivity contribution in [3.05, 3.63) is 35.9 Å². The van der Waals surface area contributed by atoms with Gasteiger partial charge < -0.3 is 15.8 Å². The maximum absolute atomic E-state index is 12.5. The van der Waals surface area contributed by atoms with Crippen LogP contribution in [0.2, 0.25) is 0 Å². The van der Waals surface area contributed by atoms with Gasteiger partial charge in [0.25, 0.3) is 0 Å². The standard InChI is InChI=1S/C17H26N2O2/c1-11-12(2)21-13(3)16(11)17(20)19-15(10-18)9-14-7-5-4-6-8-14/h4-8,11-13,15-16H,9-10,18H2,1-3H3,(H,19,20). The number of nitrogens with one attached hydrogen (secondary N) is 1. The highest BCUT2D eigenvalue weighted by Crippen LogP contribution is 2.32. The number of nitrogens with two attached hydrogens (primary N) is 1. The molecule has 1 fully saturated rings. The molecule has 3 N–H and O–H groups in total. The van der Waals surface area contributed by atoms with Crippen LogP contribution in [0.4, 0.5) is 0 Å². The minimum atomic E-state index is -0.0928. The van der Waals surface area contributed by atoms with Crippen LogP contribution in [-0.2, 0) is 16.0 Å². The Balaban J connectivity index is 1.97. The summed E-state index contributed by atoms with van der Waals surface area (Å²) < 4.78 is 5.75. The van der Waals surface area contributed by atoms with E-state index in [1.54, 1.807) is 0 Å². The fourth-order valence-corrected chi connectivity index (χ4v) is 3.11. The largest absolute Gasteiger partial charge is 0.374 e. The fraction of sp³-hybridized carbons (Fsp3) is 0.588. The highest BCUT2D eigenvalue weighted by molar-refractivity contribution is 5.80. The predicted molar refractivity (Wildman–Crippen MR) is 83.8 cm³/mol. The molecule has 0 saturated carbocycles. The van der Waals surface area contributed by atoms with E-state index in [0.29, 0.717) is 6.54 Å². The summed E-state index contributed by atoms with van der Waals surface area (Å²) in [5, 5.41) is 3.09. The van der Waals surface area contributed by atoms with Gasteiger partial charge in [-0.3, -0.25) is 4.79 Å². The van der Waals surface area contributed by atoms with Gasteiger partial charge in [-0.15, -0.1) is 0 Å². The molecule has 1 aliphatic rings. The summed E-state index contributed by atoms with van der Waals surface area (Å²) >= 11 is 0. The Morgan fingerprint density at radius 1 is 1.24 bits per heavy atom. The molecule has 0 aliphatic carbocycles. The first-order valence-electron chi connectivity index (χ1n) is 7.72. The Kier molecular flexibility index (Phi) is 5.37. The molecule has 1 aromatic carbocycles. The van der Waals surface area contributed by atoms with E-state index in [9.17, 15) is 4.79 Å². The quantitative estimate of drug-likeness (QED) is 0.868. The molecule has 1 saturated heterocycles. The summed E-state index contributed by atoms with van der Waals surface area (Å²) in [6.07, 6.45) is 0.848. The number of carbonyl (C=O) groups is 1. The maximum atomic E-state index is 12.5. The lowest BCUT2D eigenvalue weighted by Crippen LogP contribution is -2.46. The molecule has 1 aromatic rings. The average molecular weight is 290 g/mol. The zero-order chi connectivity index (χ0) is 15.4. The van der Waals surface area contributed by atoms with E-state index in [1.807, 2.05) is 32.0 Å². The van der Waals surface area contributed by atoms with Crippen molar-refractivity contribution in [2.24, 2.45) is 17.6 Å². The smallest absolute Gasteiger partial charge is 0.226 e. The number of hydrogen-bond donors (Lipinski definition) is 2. The van der Waals surface area contributed by atoms with Crippen molar-refractivity contribution < 1.29 is 9.53 Å². The van der Waals surface area contributed by atoms with Crippen molar-refractivity contribution in [1.29, 1.82) is 0 Å². The molecule has 1 amide bonds. The molecule has 4 nitrogen and oxygen atoms in total. The first-order chi connectivity index (χ1) is 10.0. The fourth-order valence-electron chi connectivity index (χ4n) is 3.11. The first-order valence-corrected chi connectivity index (χ1v) is 7.72. The third-order valence-electron chi connectivity index (χ3n) is 4.50. The molecule has 0 spiro atoms. The summed E-state index contributed by atoms with van der Waals surface area (Å²) in [6, 6.07) is 10.1. The topological polar surface area (TPSA) is 64.3 Å². The SMILES string of the molecule is CC1OC(C)C(C(=O)NC(CN)Cc2ccccc2)C1C. The minimum Gasteiger partial charge on any atom is -0.374 e. The van der Waals surface area contributed by atoms with Crippen molar-refractivity contribution in [1.82, 2.24) is 5.32 Å². The summed E-state index contributed by atoms with van der Waals surface area (Å²) in [4.78, 5) is 12.5. The number of rotatable bonds is 5. The van der Waals surface area contributed by atoms with Crippen molar-refractivity contribution in [3.63, 3.8) is 0 Å². The molecule has 5 unspecified atom stereocenters. The lowest BCUT2D eigenvalue weighted by atomic mass is 9.88. The van der Waals surface area contributed by atoms with Gasteiger partial charge in [0.15, 0.2) is 0 Å². The molecule has 2 rings (SSSR count). The highest BCUT2D eigenvalue weighted by atomic mass is 16.5. The van der Waals surface area contributed by atoms with E-state index in [0.717, 1.165) is 6.42 Å². The van der Waals surface area contributed by atoms with Gasteiger partial charge >= 0.3 is 0 Å². The van der Waals surface area contributed by atoms with E-state index >= 15 is 0 Å². The van der Waals surface area contributed by atoms with Crippen molar-refractivity contribution in [3.8, 4) is 0 Å². The minimum absolute atomic E-state index is 0.0322. The molecule has 1 aliphatic heterocycles. The number of carbonyl (C=O) groups excluding carboxylic acids is 1. The van der Waals surface area contributed by atoms with E-state index in [-0.39, 0.29) is 36.0 Å². The van der Waals surface area contributed by atoms with Gasteiger partial charge in [0.05, 0.1) is 18.1 Å². The molecule has 5 atom stereocenters. The number of amides is 1. The van der Waals surface area contributed by atoms with Crippen molar-refractivity contribution in [2.75, 3.05) is 6.54 Å². The number of benzene rings is 1. The molecular weight excluding hydrogens is 264 g/mol. The van der Waals surface area contributed by atoms with Gasteiger partial charge in [0.2, 0.25) is 5.91 Å². The average Bonchev–Trinajstić information content (AvgIpc) is 2.72. The van der Waals surface area contributed by atoms with Crippen LogP contribution in [0.3, 0.4) is 0 Å². The lowest BCUT2D eigenvalue weighted by molar-refractivity contribution is -0.127. The van der Waals surface area contributed by atoms with E-state index in [2.05, 4.69) is 24.4 Å². The molecular formula is C17H26N2O2. The van der Waals surface area contributed by atoms with Crippen molar-refractivity contribution >= 4 is 5.91 Å². The predicted octanol–water partition coefficient (Wildman–Crippen LogP) is 1.73. The van der Waals surface area contributed by atoms with Gasteiger partial charge in [-0.05, 0) is 31.7 Å². The van der Waals surface area contributed by atoms with Crippen LogP contribution in [-0.4, -0.2) is 30.7 Å². The summed E-state index contributed by atoms with van der Waals surface area (Å²) in [5.74, 6) is 0.200. The Morgan fingerprint density at radius 3 is 2.43 bits per heavy atom. The molecule has 116 valence electrons. The maximum Gasteiger partial charge on any atom is 0.226 e. The van der Waals surface area contributed by atoms with Crippen molar-refractivity contribution in [2.45, 2.75) is 45.4 Å². The molecule has 0 radical (unpaired) electrons. The van der Waals surface area contributed by atoms with Crippen LogP contribution in [0.25, 0.3) is 0 Å².